The van der Waals surface area contributed by atoms with Gasteiger partial charge in [-0.15, -0.1) is 5.10 Å². The zero-order valence-corrected chi connectivity index (χ0v) is 18.4. The summed E-state index contributed by atoms with van der Waals surface area (Å²) in [6.45, 7) is 1.11. The highest BCUT2D eigenvalue weighted by Crippen LogP contribution is 2.33. The Hall–Kier alpha value is -3.24. The molecule has 32 heavy (non-hydrogen) atoms. The number of nitrogens with zero attached hydrogens (tertiary/aromatic N) is 5. The van der Waals surface area contributed by atoms with Crippen molar-refractivity contribution in [3.8, 4) is 0 Å². The van der Waals surface area contributed by atoms with Crippen LogP contribution < -0.4 is 10.6 Å². The summed E-state index contributed by atoms with van der Waals surface area (Å²) < 4.78 is 27.9. The topological polar surface area (TPSA) is 124 Å². The number of benzene rings is 2. The summed E-state index contributed by atoms with van der Waals surface area (Å²) in [6, 6.07) is 13.3. The Morgan fingerprint density at radius 3 is 2.50 bits per heavy atom. The van der Waals surface area contributed by atoms with E-state index in [4.69, 9.17) is 22.3 Å². The average molecular weight is 471 g/mol. The quantitative estimate of drug-likeness (QED) is 0.485. The van der Waals surface area contributed by atoms with Gasteiger partial charge in [0.1, 0.15) is 5.82 Å². The number of primary amides is 1. The Morgan fingerprint density at radius 2 is 1.81 bits per heavy atom. The first-order valence-electron chi connectivity index (χ1n) is 10.1. The summed E-state index contributed by atoms with van der Waals surface area (Å²) in [6.07, 6.45) is 1.19. The molecule has 1 aliphatic rings. The second-order valence-electron chi connectivity index (χ2n) is 7.71. The van der Waals surface area contributed by atoms with Gasteiger partial charge in [-0.05, 0) is 43.2 Å². The van der Waals surface area contributed by atoms with Crippen molar-refractivity contribution in [1.29, 1.82) is 0 Å². The molecule has 0 atom stereocenters. The van der Waals surface area contributed by atoms with Gasteiger partial charge in [0.15, 0.2) is 5.65 Å². The van der Waals surface area contributed by atoms with Gasteiger partial charge in [0.2, 0.25) is 20.8 Å². The molecular formula is C21H19ClN6O3S. The van der Waals surface area contributed by atoms with E-state index in [9.17, 15) is 13.2 Å². The van der Waals surface area contributed by atoms with Crippen molar-refractivity contribution in [2.24, 2.45) is 11.7 Å². The molecule has 9 nitrogen and oxygen atoms in total. The van der Waals surface area contributed by atoms with Crippen LogP contribution in [-0.4, -0.2) is 47.2 Å². The van der Waals surface area contributed by atoms with E-state index in [0.717, 1.165) is 5.39 Å². The normalized spacial score (nSPS) is 15.5. The summed E-state index contributed by atoms with van der Waals surface area (Å²) in [5, 5.41) is 9.10. The van der Waals surface area contributed by atoms with Gasteiger partial charge in [0, 0.05) is 29.4 Å². The fraction of sp³-hybridized carbons (Fsp3) is 0.238. The summed E-state index contributed by atoms with van der Waals surface area (Å²) in [5.74, 6) is 0.0809. The Morgan fingerprint density at radius 1 is 1.09 bits per heavy atom. The Bertz CT molecular complexity index is 1450. The van der Waals surface area contributed by atoms with Gasteiger partial charge in [-0.1, -0.05) is 35.0 Å². The lowest BCUT2D eigenvalue weighted by Crippen LogP contribution is -2.39. The highest BCUT2D eigenvalue weighted by molar-refractivity contribution is 7.91. The maximum absolute atomic E-state index is 13.3. The number of carbonyl (C=O) groups excluding carboxylic acids is 1. The monoisotopic (exact) mass is 470 g/mol. The van der Waals surface area contributed by atoms with Crippen LogP contribution in [0.2, 0.25) is 5.02 Å². The number of amides is 1. The Kier molecular flexibility index (Phi) is 4.98. The van der Waals surface area contributed by atoms with E-state index in [0.29, 0.717) is 42.3 Å². The van der Waals surface area contributed by atoms with E-state index in [-0.39, 0.29) is 27.4 Å². The fourth-order valence-corrected chi connectivity index (χ4v) is 5.48. The van der Waals surface area contributed by atoms with Crippen LogP contribution in [0, 0.1) is 5.92 Å². The van der Waals surface area contributed by atoms with E-state index in [1.54, 1.807) is 36.4 Å². The first-order valence-corrected chi connectivity index (χ1v) is 11.9. The molecule has 1 fully saturated rings. The van der Waals surface area contributed by atoms with Crippen LogP contribution in [0.5, 0.6) is 0 Å². The number of anilines is 1. The molecule has 0 unspecified atom stereocenters. The minimum Gasteiger partial charge on any atom is -0.369 e. The van der Waals surface area contributed by atoms with Crippen LogP contribution in [0.4, 0.5) is 5.82 Å². The van der Waals surface area contributed by atoms with Crippen molar-refractivity contribution in [3.05, 3.63) is 53.6 Å². The number of hydrogen-bond acceptors (Lipinski definition) is 7. The molecule has 0 radical (unpaired) electrons. The molecule has 1 saturated heterocycles. The lowest BCUT2D eigenvalue weighted by molar-refractivity contribution is -0.122. The van der Waals surface area contributed by atoms with Gasteiger partial charge < -0.3 is 10.6 Å². The number of carbonyl (C=O) groups is 1. The highest BCUT2D eigenvalue weighted by atomic mass is 35.5. The second kappa shape index (κ2) is 7.72. The molecule has 0 spiro atoms. The van der Waals surface area contributed by atoms with Crippen LogP contribution >= 0.6 is 11.6 Å². The third-order valence-electron chi connectivity index (χ3n) is 5.76. The number of nitrogens with two attached hydrogens (primary N) is 1. The number of fused-ring (bicyclic) bond motifs is 3. The van der Waals surface area contributed by atoms with Gasteiger partial charge in [-0.2, -0.15) is 4.52 Å². The van der Waals surface area contributed by atoms with E-state index in [2.05, 4.69) is 10.3 Å². The van der Waals surface area contributed by atoms with Crippen molar-refractivity contribution < 1.29 is 13.2 Å². The molecule has 2 aromatic carbocycles. The molecule has 1 aliphatic heterocycles. The molecule has 11 heteroatoms. The minimum absolute atomic E-state index is 0.115. The van der Waals surface area contributed by atoms with Crippen LogP contribution in [0.15, 0.2) is 58.5 Å². The largest absolute Gasteiger partial charge is 0.369 e. The lowest BCUT2D eigenvalue weighted by atomic mass is 9.96. The first kappa shape index (κ1) is 20.7. The van der Waals surface area contributed by atoms with Gasteiger partial charge in [-0.3, -0.25) is 4.79 Å². The van der Waals surface area contributed by atoms with Crippen molar-refractivity contribution >= 4 is 49.7 Å². The molecule has 0 saturated carbocycles. The summed E-state index contributed by atoms with van der Waals surface area (Å²) >= 11 is 6.25. The zero-order chi connectivity index (χ0) is 22.5. The maximum Gasteiger partial charge on any atom is 0.229 e. The number of rotatable bonds is 4. The predicted octanol–water partition coefficient (Wildman–Crippen LogP) is 2.47. The molecule has 1 amide bonds. The summed E-state index contributed by atoms with van der Waals surface area (Å²) in [5.41, 5.74) is 6.24. The van der Waals surface area contributed by atoms with Crippen LogP contribution in [0.3, 0.4) is 0 Å². The van der Waals surface area contributed by atoms with E-state index in [1.165, 1.54) is 16.6 Å². The minimum atomic E-state index is -3.93. The smallest absolute Gasteiger partial charge is 0.229 e. The van der Waals surface area contributed by atoms with Crippen molar-refractivity contribution in [1.82, 2.24) is 19.8 Å². The molecule has 3 heterocycles. The van der Waals surface area contributed by atoms with Crippen LogP contribution in [-0.2, 0) is 14.6 Å². The molecule has 2 aromatic heterocycles. The van der Waals surface area contributed by atoms with Crippen molar-refractivity contribution in [2.75, 3.05) is 18.0 Å². The maximum atomic E-state index is 13.3. The van der Waals surface area contributed by atoms with Gasteiger partial charge >= 0.3 is 0 Å². The van der Waals surface area contributed by atoms with E-state index >= 15 is 0 Å². The number of piperidine rings is 1. The lowest BCUT2D eigenvalue weighted by Gasteiger charge is -2.32. The van der Waals surface area contributed by atoms with Gasteiger partial charge in [-0.25, -0.2) is 13.4 Å². The first-order chi connectivity index (χ1) is 15.4. The zero-order valence-electron chi connectivity index (χ0n) is 16.8. The predicted molar refractivity (Wildman–Crippen MR) is 119 cm³/mol. The average Bonchev–Trinajstić information content (AvgIpc) is 3.24. The Labute approximate surface area is 188 Å². The number of hydrogen-bond donors (Lipinski definition) is 1. The molecule has 4 aromatic rings. The number of aromatic nitrogens is 4. The Balaban J connectivity index is 1.70. The van der Waals surface area contributed by atoms with Gasteiger partial charge in [0.05, 0.1) is 10.4 Å². The fourth-order valence-electron chi connectivity index (χ4n) is 4.06. The molecule has 0 aliphatic carbocycles. The highest BCUT2D eigenvalue weighted by Gasteiger charge is 2.29. The third-order valence-corrected chi connectivity index (χ3v) is 7.66. The van der Waals surface area contributed by atoms with Crippen LogP contribution in [0.1, 0.15) is 12.8 Å². The summed E-state index contributed by atoms with van der Waals surface area (Å²) in [7, 11) is -3.93. The van der Waals surface area contributed by atoms with Crippen molar-refractivity contribution in [2.45, 2.75) is 22.8 Å². The van der Waals surface area contributed by atoms with E-state index in [1.807, 2.05) is 4.90 Å². The SMILES string of the molecule is NC(=O)C1CCN(c2nc3c(S(=O)(=O)c4ccccc4)nnn3c3ccc(Cl)cc23)CC1. The summed E-state index contributed by atoms with van der Waals surface area (Å²) in [4.78, 5) is 18.4. The molecular weight excluding hydrogens is 452 g/mol. The molecule has 5 rings (SSSR count). The third kappa shape index (κ3) is 3.35. The molecule has 2 N–H and O–H groups in total. The van der Waals surface area contributed by atoms with E-state index < -0.39 is 9.84 Å². The molecule has 164 valence electrons. The number of halogens is 1. The second-order valence-corrected chi connectivity index (χ2v) is 10.0. The molecule has 0 bridgehead atoms. The van der Waals surface area contributed by atoms with Crippen LogP contribution in [0.25, 0.3) is 16.6 Å². The standard InChI is InChI=1S/C21H19ClN6O3S/c22-14-6-7-17-16(12-14)19(27-10-8-13(9-11-27)18(23)29)24-20-21(25-26-28(17)20)32(30,31)15-4-2-1-3-5-15/h1-7,12-13H,8-11H2,(H2,23,29). The number of sulfone groups is 1. The van der Waals surface area contributed by atoms with Crippen molar-refractivity contribution in [3.63, 3.8) is 0 Å². The van der Waals surface area contributed by atoms with Gasteiger partial charge in [0.25, 0.3) is 0 Å².